The highest BCUT2D eigenvalue weighted by atomic mass is 16.5. The van der Waals surface area contributed by atoms with Crippen molar-refractivity contribution in [3.8, 4) is 0 Å². The Morgan fingerprint density at radius 3 is 3.00 bits per heavy atom. The Hall–Kier alpha value is -1.75. The molecular weight excluding hydrogens is 276 g/mol. The average molecular weight is 300 g/mol. The molecule has 0 unspecified atom stereocenters. The van der Waals surface area contributed by atoms with E-state index in [2.05, 4.69) is 39.8 Å². The van der Waals surface area contributed by atoms with E-state index in [1.165, 1.54) is 5.56 Å². The van der Waals surface area contributed by atoms with Crippen molar-refractivity contribution in [1.29, 1.82) is 0 Å². The molecule has 1 saturated heterocycles. The van der Waals surface area contributed by atoms with Gasteiger partial charge in [0.15, 0.2) is 5.65 Å². The molecule has 1 atom stereocenters. The van der Waals surface area contributed by atoms with Gasteiger partial charge in [0, 0.05) is 25.4 Å². The Morgan fingerprint density at radius 1 is 1.32 bits per heavy atom. The first-order valence-electron chi connectivity index (χ1n) is 8.14. The van der Waals surface area contributed by atoms with Crippen LogP contribution in [0.15, 0.2) is 12.4 Å². The van der Waals surface area contributed by atoms with Gasteiger partial charge in [-0.15, -0.1) is 0 Å². The SMILES string of the molecule is CCCO[C@H]1CCCN(c2ncnc3nc(C)cc(C)c23)C1. The molecule has 1 aliphatic rings. The van der Waals surface area contributed by atoms with Crippen LogP contribution in [0.3, 0.4) is 0 Å². The number of pyridine rings is 1. The lowest BCUT2D eigenvalue weighted by molar-refractivity contribution is 0.0439. The fourth-order valence-corrected chi connectivity index (χ4v) is 3.18. The van der Waals surface area contributed by atoms with E-state index in [1.807, 2.05) is 6.92 Å². The molecule has 0 aromatic carbocycles. The molecule has 22 heavy (non-hydrogen) atoms. The molecule has 0 amide bonds. The third kappa shape index (κ3) is 3.04. The van der Waals surface area contributed by atoms with Crippen molar-refractivity contribution < 1.29 is 4.74 Å². The van der Waals surface area contributed by atoms with Gasteiger partial charge in [0.25, 0.3) is 0 Å². The third-order valence-electron chi connectivity index (χ3n) is 4.14. The quantitative estimate of drug-likeness (QED) is 0.868. The van der Waals surface area contributed by atoms with Crippen molar-refractivity contribution in [2.24, 2.45) is 0 Å². The zero-order chi connectivity index (χ0) is 15.5. The van der Waals surface area contributed by atoms with Crippen LogP contribution in [-0.2, 0) is 4.74 Å². The second-order valence-corrected chi connectivity index (χ2v) is 6.06. The fourth-order valence-electron chi connectivity index (χ4n) is 3.18. The minimum Gasteiger partial charge on any atom is -0.376 e. The fraction of sp³-hybridized carbons (Fsp3) is 0.588. The normalized spacial score (nSPS) is 18.9. The number of aryl methyl sites for hydroxylation is 2. The molecule has 2 aromatic rings. The van der Waals surface area contributed by atoms with Crippen molar-refractivity contribution in [3.63, 3.8) is 0 Å². The van der Waals surface area contributed by atoms with Gasteiger partial charge in [0.05, 0.1) is 11.5 Å². The number of ether oxygens (including phenoxy) is 1. The van der Waals surface area contributed by atoms with E-state index in [1.54, 1.807) is 6.33 Å². The highest BCUT2D eigenvalue weighted by Crippen LogP contribution is 2.28. The van der Waals surface area contributed by atoms with Gasteiger partial charge in [-0.1, -0.05) is 6.92 Å². The molecule has 5 nitrogen and oxygen atoms in total. The molecule has 0 radical (unpaired) electrons. The zero-order valence-electron chi connectivity index (χ0n) is 13.7. The smallest absolute Gasteiger partial charge is 0.165 e. The standard InChI is InChI=1S/C17H24N4O/c1-4-8-22-14-6-5-7-21(10-14)17-15-12(2)9-13(3)20-16(15)18-11-19-17/h9,11,14H,4-8,10H2,1-3H3/t14-/m0/s1. The number of hydrogen-bond acceptors (Lipinski definition) is 5. The van der Waals surface area contributed by atoms with Crippen molar-refractivity contribution in [3.05, 3.63) is 23.7 Å². The van der Waals surface area contributed by atoms with E-state index in [4.69, 9.17) is 4.74 Å². The number of rotatable bonds is 4. The molecule has 1 fully saturated rings. The van der Waals surface area contributed by atoms with E-state index < -0.39 is 0 Å². The number of piperidine rings is 1. The summed E-state index contributed by atoms with van der Waals surface area (Å²) in [7, 11) is 0. The minimum absolute atomic E-state index is 0.303. The molecule has 5 heteroatoms. The maximum atomic E-state index is 5.94. The summed E-state index contributed by atoms with van der Waals surface area (Å²) in [6, 6.07) is 2.10. The third-order valence-corrected chi connectivity index (χ3v) is 4.14. The second-order valence-electron chi connectivity index (χ2n) is 6.06. The monoisotopic (exact) mass is 300 g/mol. The summed E-state index contributed by atoms with van der Waals surface area (Å²) in [4.78, 5) is 15.8. The van der Waals surface area contributed by atoms with Crippen molar-refractivity contribution in [2.75, 3.05) is 24.6 Å². The van der Waals surface area contributed by atoms with Crippen LogP contribution < -0.4 is 4.90 Å². The van der Waals surface area contributed by atoms with E-state index in [0.29, 0.717) is 6.10 Å². The van der Waals surface area contributed by atoms with Gasteiger partial charge in [0.1, 0.15) is 12.1 Å². The predicted octanol–water partition coefficient (Wildman–Crippen LogP) is 3.04. The van der Waals surface area contributed by atoms with Crippen LogP contribution in [0.2, 0.25) is 0 Å². The summed E-state index contributed by atoms with van der Waals surface area (Å²) in [5.41, 5.74) is 2.98. The summed E-state index contributed by atoms with van der Waals surface area (Å²) in [6.07, 6.45) is 5.26. The highest BCUT2D eigenvalue weighted by molar-refractivity contribution is 5.90. The van der Waals surface area contributed by atoms with Crippen LogP contribution >= 0.6 is 0 Å². The van der Waals surface area contributed by atoms with Crippen LogP contribution in [0.5, 0.6) is 0 Å². The Labute approximate surface area is 131 Å². The number of anilines is 1. The maximum absolute atomic E-state index is 5.94. The van der Waals surface area contributed by atoms with Gasteiger partial charge in [-0.05, 0) is 44.7 Å². The van der Waals surface area contributed by atoms with Gasteiger partial charge in [-0.2, -0.15) is 0 Å². The molecule has 3 rings (SSSR count). The Morgan fingerprint density at radius 2 is 2.18 bits per heavy atom. The summed E-state index contributed by atoms with van der Waals surface area (Å²) in [5.74, 6) is 1.000. The van der Waals surface area contributed by atoms with E-state index in [-0.39, 0.29) is 0 Å². The first-order chi connectivity index (χ1) is 10.7. The van der Waals surface area contributed by atoms with Crippen molar-refractivity contribution in [1.82, 2.24) is 15.0 Å². The topological polar surface area (TPSA) is 51.1 Å². The molecule has 2 aromatic heterocycles. The number of hydrogen-bond donors (Lipinski definition) is 0. The molecule has 0 aliphatic carbocycles. The first kappa shape index (κ1) is 15.2. The van der Waals surface area contributed by atoms with Gasteiger partial charge < -0.3 is 9.64 Å². The van der Waals surface area contributed by atoms with Crippen LogP contribution in [0, 0.1) is 13.8 Å². The van der Waals surface area contributed by atoms with Gasteiger partial charge in [0.2, 0.25) is 0 Å². The Kier molecular flexibility index (Phi) is 4.52. The summed E-state index contributed by atoms with van der Waals surface area (Å²) in [6.45, 7) is 9.02. The molecule has 1 aliphatic heterocycles. The van der Waals surface area contributed by atoms with Crippen molar-refractivity contribution >= 4 is 16.9 Å². The van der Waals surface area contributed by atoms with Crippen molar-refractivity contribution in [2.45, 2.75) is 46.1 Å². The lowest BCUT2D eigenvalue weighted by Crippen LogP contribution is -2.40. The summed E-state index contributed by atoms with van der Waals surface area (Å²) in [5, 5.41) is 1.07. The van der Waals surface area contributed by atoms with Crippen LogP contribution in [0.25, 0.3) is 11.0 Å². The summed E-state index contributed by atoms with van der Waals surface area (Å²) < 4.78 is 5.94. The largest absolute Gasteiger partial charge is 0.376 e. The van der Waals surface area contributed by atoms with Crippen LogP contribution in [-0.4, -0.2) is 40.8 Å². The molecule has 0 N–H and O–H groups in total. The summed E-state index contributed by atoms with van der Waals surface area (Å²) >= 11 is 0. The number of aromatic nitrogens is 3. The molecule has 3 heterocycles. The Bertz CT molecular complexity index is 658. The first-order valence-corrected chi connectivity index (χ1v) is 8.14. The van der Waals surface area contributed by atoms with Crippen LogP contribution in [0.4, 0.5) is 5.82 Å². The minimum atomic E-state index is 0.303. The molecule has 0 bridgehead atoms. The number of fused-ring (bicyclic) bond motifs is 1. The van der Waals surface area contributed by atoms with E-state index >= 15 is 0 Å². The van der Waals surface area contributed by atoms with E-state index in [9.17, 15) is 0 Å². The molecular formula is C17H24N4O. The lowest BCUT2D eigenvalue weighted by atomic mass is 10.1. The highest BCUT2D eigenvalue weighted by Gasteiger charge is 2.23. The second kappa shape index (κ2) is 6.57. The maximum Gasteiger partial charge on any atom is 0.165 e. The van der Waals surface area contributed by atoms with Crippen LogP contribution in [0.1, 0.15) is 37.4 Å². The van der Waals surface area contributed by atoms with Gasteiger partial charge in [-0.25, -0.2) is 15.0 Å². The van der Waals surface area contributed by atoms with Gasteiger partial charge in [-0.3, -0.25) is 0 Å². The average Bonchev–Trinajstić information content (AvgIpc) is 2.52. The zero-order valence-corrected chi connectivity index (χ0v) is 13.7. The van der Waals surface area contributed by atoms with Gasteiger partial charge >= 0.3 is 0 Å². The number of nitrogens with zero attached hydrogens (tertiary/aromatic N) is 4. The lowest BCUT2D eigenvalue weighted by Gasteiger charge is -2.34. The predicted molar refractivity (Wildman–Crippen MR) is 88.3 cm³/mol. The Balaban J connectivity index is 1.92. The van der Waals surface area contributed by atoms with E-state index in [0.717, 1.165) is 61.5 Å². The molecule has 0 spiro atoms. The molecule has 118 valence electrons. The molecule has 0 saturated carbocycles.